The first-order valence-corrected chi connectivity index (χ1v) is 7.66. The molecule has 0 aliphatic carbocycles. The largest absolute Gasteiger partial charge is 0.423 e. The maximum atomic E-state index is 11.8. The van der Waals surface area contributed by atoms with Crippen LogP contribution >= 0.6 is 11.6 Å². The van der Waals surface area contributed by atoms with Crippen LogP contribution in [0.25, 0.3) is 11.0 Å². The zero-order valence-electron chi connectivity index (χ0n) is 12.6. The van der Waals surface area contributed by atoms with Crippen molar-refractivity contribution in [2.45, 2.75) is 19.9 Å². The van der Waals surface area contributed by atoms with E-state index in [4.69, 9.17) is 21.1 Å². The van der Waals surface area contributed by atoms with E-state index in [2.05, 4.69) is 6.58 Å². The van der Waals surface area contributed by atoms with E-state index in [1.807, 2.05) is 24.0 Å². The fourth-order valence-corrected chi connectivity index (χ4v) is 2.79. The molecule has 1 aromatic heterocycles. The number of aryl methyl sites for hydroxylation is 1. The van der Waals surface area contributed by atoms with Gasteiger partial charge in [0.05, 0.1) is 6.61 Å². The van der Waals surface area contributed by atoms with Crippen LogP contribution in [0, 0.1) is 0 Å². The highest BCUT2D eigenvalue weighted by Crippen LogP contribution is 2.26. The molecule has 0 spiro atoms. The third-order valence-corrected chi connectivity index (χ3v) is 3.93. The van der Waals surface area contributed by atoms with Crippen molar-refractivity contribution in [1.29, 1.82) is 0 Å². The van der Waals surface area contributed by atoms with Crippen LogP contribution in [0.15, 0.2) is 40.1 Å². The Morgan fingerprint density at radius 3 is 2.77 bits per heavy atom. The number of aliphatic hydroxyl groups is 1. The number of nitrogens with zero attached hydrogens (tertiary/aromatic N) is 1. The summed E-state index contributed by atoms with van der Waals surface area (Å²) in [5.74, 6) is 0. The van der Waals surface area contributed by atoms with Crippen molar-refractivity contribution in [3.05, 3.63) is 57.4 Å². The van der Waals surface area contributed by atoms with Gasteiger partial charge in [0.1, 0.15) is 5.58 Å². The van der Waals surface area contributed by atoms with Crippen LogP contribution in [0.2, 0.25) is 5.02 Å². The van der Waals surface area contributed by atoms with Crippen molar-refractivity contribution in [3.63, 3.8) is 0 Å². The van der Waals surface area contributed by atoms with Gasteiger partial charge in [0, 0.05) is 36.1 Å². The van der Waals surface area contributed by atoms with Gasteiger partial charge in [-0.2, -0.15) is 0 Å². The highest BCUT2D eigenvalue weighted by Gasteiger charge is 2.12. The van der Waals surface area contributed by atoms with Gasteiger partial charge in [-0.15, -0.1) is 6.58 Å². The molecule has 22 heavy (non-hydrogen) atoms. The minimum absolute atomic E-state index is 0.0496. The number of halogens is 1. The van der Waals surface area contributed by atoms with E-state index < -0.39 is 0 Å². The zero-order valence-corrected chi connectivity index (χ0v) is 13.4. The minimum Gasteiger partial charge on any atom is -0.423 e. The van der Waals surface area contributed by atoms with E-state index in [-0.39, 0.29) is 12.2 Å². The van der Waals surface area contributed by atoms with Gasteiger partial charge >= 0.3 is 5.63 Å². The Bertz CT molecular complexity index is 724. The Morgan fingerprint density at radius 2 is 2.14 bits per heavy atom. The number of rotatable bonds is 7. The lowest BCUT2D eigenvalue weighted by molar-refractivity contribution is 0.203. The van der Waals surface area contributed by atoms with E-state index in [9.17, 15) is 4.79 Å². The van der Waals surface area contributed by atoms with Crippen LogP contribution in [0.3, 0.4) is 0 Å². The molecule has 0 radical (unpaired) electrons. The number of aliphatic hydroxyl groups excluding tert-OH is 1. The molecular formula is C17H20ClNO3. The fraction of sp³-hybridized carbons (Fsp3) is 0.353. The van der Waals surface area contributed by atoms with Crippen molar-refractivity contribution < 1.29 is 9.52 Å². The molecule has 0 fully saturated rings. The lowest BCUT2D eigenvalue weighted by atomic mass is 10.1. The Balaban J connectivity index is 2.50. The van der Waals surface area contributed by atoms with Crippen molar-refractivity contribution in [1.82, 2.24) is 4.90 Å². The summed E-state index contributed by atoms with van der Waals surface area (Å²) in [5, 5.41) is 10.6. The van der Waals surface area contributed by atoms with Crippen molar-refractivity contribution >= 4 is 22.6 Å². The molecule has 1 N–H and O–H groups in total. The molecule has 2 aromatic rings. The van der Waals surface area contributed by atoms with E-state index in [0.717, 1.165) is 22.9 Å². The van der Waals surface area contributed by atoms with Crippen LogP contribution in [0.5, 0.6) is 0 Å². The van der Waals surface area contributed by atoms with Crippen LogP contribution in [0.1, 0.15) is 18.1 Å². The molecule has 0 atom stereocenters. The molecule has 118 valence electrons. The maximum Gasteiger partial charge on any atom is 0.336 e. The van der Waals surface area contributed by atoms with Crippen LogP contribution in [0.4, 0.5) is 0 Å². The van der Waals surface area contributed by atoms with Crippen LogP contribution in [-0.2, 0) is 13.0 Å². The highest BCUT2D eigenvalue weighted by atomic mass is 35.5. The summed E-state index contributed by atoms with van der Waals surface area (Å²) in [4.78, 5) is 13.8. The zero-order chi connectivity index (χ0) is 16.1. The maximum absolute atomic E-state index is 11.8. The molecule has 2 rings (SSSR count). The molecule has 4 nitrogen and oxygen atoms in total. The van der Waals surface area contributed by atoms with Crippen LogP contribution in [-0.4, -0.2) is 29.7 Å². The molecule has 1 aromatic carbocycles. The number of hydrogen-bond donors (Lipinski definition) is 1. The first-order chi connectivity index (χ1) is 10.6. The molecule has 0 amide bonds. The second-order valence-electron chi connectivity index (χ2n) is 5.13. The molecule has 0 bridgehead atoms. The smallest absolute Gasteiger partial charge is 0.336 e. The molecule has 5 heteroatoms. The molecule has 0 unspecified atom stereocenters. The Hall–Kier alpha value is -1.62. The summed E-state index contributed by atoms with van der Waals surface area (Å²) in [6.07, 6.45) is 2.54. The van der Waals surface area contributed by atoms with E-state index in [0.29, 0.717) is 30.2 Å². The Labute approximate surface area is 134 Å². The second kappa shape index (κ2) is 7.58. The predicted molar refractivity (Wildman–Crippen MR) is 89.4 cm³/mol. The van der Waals surface area contributed by atoms with Gasteiger partial charge in [0.25, 0.3) is 0 Å². The van der Waals surface area contributed by atoms with E-state index in [1.165, 1.54) is 6.07 Å². The minimum atomic E-state index is -0.380. The monoisotopic (exact) mass is 321 g/mol. The lowest BCUT2D eigenvalue weighted by Crippen LogP contribution is -2.27. The molecule has 0 aliphatic rings. The summed E-state index contributed by atoms with van der Waals surface area (Å²) in [7, 11) is 0. The van der Waals surface area contributed by atoms with Gasteiger partial charge in [-0.1, -0.05) is 24.6 Å². The van der Waals surface area contributed by atoms with Gasteiger partial charge in [-0.05, 0) is 29.7 Å². The van der Waals surface area contributed by atoms with Crippen molar-refractivity contribution in [3.8, 4) is 0 Å². The quantitative estimate of drug-likeness (QED) is 0.629. The summed E-state index contributed by atoms with van der Waals surface area (Å²) in [6.45, 7) is 7.43. The molecule has 0 aliphatic heterocycles. The van der Waals surface area contributed by atoms with Crippen molar-refractivity contribution in [2.75, 3.05) is 19.7 Å². The summed E-state index contributed by atoms with van der Waals surface area (Å²) in [5.41, 5.74) is 1.96. The Kier molecular flexibility index (Phi) is 5.77. The van der Waals surface area contributed by atoms with E-state index in [1.54, 1.807) is 6.08 Å². The standard InChI is InChI=1S/C17H20ClNO3/c1-3-5-19(6-7-20)11-13-9-17(21)22-16-8-12(4-2)15(18)10-14(13)16/h3,8-10,20H,1,4-7,11H2,2H3. The third-order valence-electron chi connectivity index (χ3n) is 3.58. The van der Waals surface area contributed by atoms with Gasteiger partial charge < -0.3 is 9.52 Å². The second-order valence-corrected chi connectivity index (χ2v) is 5.54. The number of benzene rings is 1. The normalized spacial score (nSPS) is 11.3. The summed E-state index contributed by atoms with van der Waals surface area (Å²) in [6, 6.07) is 5.16. The predicted octanol–water partition coefficient (Wildman–Crippen LogP) is 2.99. The fourth-order valence-electron chi connectivity index (χ4n) is 2.49. The Morgan fingerprint density at radius 1 is 1.36 bits per heavy atom. The van der Waals surface area contributed by atoms with Crippen LogP contribution < -0.4 is 5.63 Å². The van der Waals surface area contributed by atoms with Gasteiger partial charge in [-0.3, -0.25) is 4.90 Å². The van der Waals surface area contributed by atoms with Gasteiger partial charge in [0.2, 0.25) is 0 Å². The number of hydrogen-bond acceptors (Lipinski definition) is 4. The van der Waals surface area contributed by atoms with Gasteiger partial charge in [-0.25, -0.2) is 4.79 Å². The average Bonchev–Trinajstić information content (AvgIpc) is 2.48. The highest BCUT2D eigenvalue weighted by molar-refractivity contribution is 6.32. The summed E-state index contributed by atoms with van der Waals surface area (Å²) < 4.78 is 5.30. The number of fused-ring (bicyclic) bond motifs is 1. The first-order valence-electron chi connectivity index (χ1n) is 7.28. The molecule has 1 heterocycles. The molecule has 0 saturated heterocycles. The average molecular weight is 322 g/mol. The van der Waals surface area contributed by atoms with E-state index >= 15 is 0 Å². The lowest BCUT2D eigenvalue weighted by Gasteiger charge is -2.20. The van der Waals surface area contributed by atoms with Crippen molar-refractivity contribution in [2.24, 2.45) is 0 Å². The SMILES string of the molecule is C=CCN(CCO)Cc1cc(=O)oc2cc(CC)c(Cl)cc12. The molecular weight excluding hydrogens is 302 g/mol. The third kappa shape index (κ3) is 3.77. The summed E-state index contributed by atoms with van der Waals surface area (Å²) >= 11 is 6.28. The molecule has 0 saturated carbocycles. The topological polar surface area (TPSA) is 53.7 Å². The van der Waals surface area contributed by atoms with Gasteiger partial charge in [0.15, 0.2) is 0 Å². The first kappa shape index (κ1) is 16.7.